The molecule has 0 aliphatic carbocycles. The fraction of sp³-hybridized carbons (Fsp3) is 0.533. The monoisotopic (exact) mass is 319 g/mol. The number of carbonyl (C=O) groups is 1. The minimum absolute atomic E-state index is 0.0799. The first-order valence-corrected chi connectivity index (χ1v) is 8.36. The van der Waals surface area contributed by atoms with E-state index in [1.165, 1.54) is 4.88 Å². The second-order valence-corrected chi connectivity index (χ2v) is 6.75. The van der Waals surface area contributed by atoms with E-state index < -0.39 is 0 Å². The van der Waals surface area contributed by atoms with Crippen LogP contribution in [0, 0.1) is 0 Å². The van der Waals surface area contributed by atoms with Crippen molar-refractivity contribution in [2.24, 2.45) is 0 Å². The maximum absolute atomic E-state index is 12.0. The number of hydrogen-bond donors (Lipinski definition) is 0. The lowest BCUT2D eigenvalue weighted by molar-refractivity contribution is 0.168. The van der Waals surface area contributed by atoms with Crippen LogP contribution in [0.15, 0.2) is 12.4 Å². The lowest BCUT2D eigenvalue weighted by Gasteiger charge is -2.36. The molecule has 1 aliphatic heterocycles. The number of urea groups is 1. The first-order valence-electron chi connectivity index (χ1n) is 7.54. The molecule has 0 radical (unpaired) electrons. The molecule has 0 unspecified atom stereocenters. The number of hydrogen-bond acceptors (Lipinski definition) is 5. The maximum atomic E-state index is 12.0. The van der Waals surface area contributed by atoms with Crippen LogP contribution in [0.25, 0.3) is 10.2 Å². The van der Waals surface area contributed by atoms with Crippen LogP contribution in [0.4, 0.5) is 10.6 Å². The Morgan fingerprint density at radius 1 is 1.27 bits per heavy atom. The Morgan fingerprint density at radius 2 is 2.00 bits per heavy atom. The molecular formula is C15H21N5OS. The molecule has 0 spiro atoms. The van der Waals surface area contributed by atoms with E-state index in [2.05, 4.69) is 27.9 Å². The van der Waals surface area contributed by atoms with Gasteiger partial charge in [0, 0.05) is 45.2 Å². The molecule has 6 nitrogen and oxygen atoms in total. The number of amides is 2. The number of carbonyl (C=O) groups excluding carboxylic acids is 1. The average molecular weight is 319 g/mol. The van der Waals surface area contributed by atoms with Gasteiger partial charge in [-0.1, -0.05) is 6.92 Å². The van der Waals surface area contributed by atoms with Crippen molar-refractivity contribution in [3.8, 4) is 0 Å². The molecule has 2 amide bonds. The smallest absolute Gasteiger partial charge is 0.319 e. The molecule has 0 N–H and O–H groups in total. The first kappa shape index (κ1) is 15.0. The van der Waals surface area contributed by atoms with E-state index in [4.69, 9.17) is 0 Å². The van der Waals surface area contributed by atoms with Gasteiger partial charge in [0.15, 0.2) is 0 Å². The van der Waals surface area contributed by atoms with E-state index in [1.54, 1.807) is 36.7 Å². The predicted octanol–water partition coefficient (Wildman–Crippen LogP) is 2.06. The van der Waals surface area contributed by atoms with Gasteiger partial charge in [-0.05, 0) is 12.5 Å². The molecule has 1 saturated heterocycles. The molecule has 3 rings (SSSR count). The van der Waals surface area contributed by atoms with Crippen molar-refractivity contribution in [1.29, 1.82) is 0 Å². The number of nitrogens with zero attached hydrogens (tertiary/aromatic N) is 5. The highest BCUT2D eigenvalue weighted by Crippen LogP contribution is 2.30. The van der Waals surface area contributed by atoms with Gasteiger partial charge in [0.1, 0.15) is 17.0 Å². The highest BCUT2D eigenvalue weighted by Gasteiger charge is 2.24. The quantitative estimate of drug-likeness (QED) is 0.850. The summed E-state index contributed by atoms with van der Waals surface area (Å²) in [5.41, 5.74) is 0. The second kappa shape index (κ2) is 6.08. The van der Waals surface area contributed by atoms with Crippen molar-refractivity contribution >= 4 is 33.4 Å². The van der Waals surface area contributed by atoms with Gasteiger partial charge in [-0.15, -0.1) is 11.3 Å². The van der Waals surface area contributed by atoms with Crippen LogP contribution < -0.4 is 4.90 Å². The summed E-state index contributed by atoms with van der Waals surface area (Å²) in [4.78, 5) is 29.0. The molecule has 118 valence electrons. The van der Waals surface area contributed by atoms with Crippen molar-refractivity contribution < 1.29 is 4.79 Å². The van der Waals surface area contributed by atoms with Crippen LogP contribution in [0.3, 0.4) is 0 Å². The highest BCUT2D eigenvalue weighted by molar-refractivity contribution is 7.18. The van der Waals surface area contributed by atoms with E-state index in [1.807, 2.05) is 4.90 Å². The molecule has 1 fully saturated rings. The Morgan fingerprint density at radius 3 is 2.64 bits per heavy atom. The van der Waals surface area contributed by atoms with Gasteiger partial charge in [-0.3, -0.25) is 0 Å². The normalized spacial score (nSPS) is 15.4. The first-order chi connectivity index (χ1) is 10.6. The number of thiophene rings is 1. The lowest BCUT2D eigenvalue weighted by Crippen LogP contribution is -2.51. The van der Waals surface area contributed by atoms with Crippen molar-refractivity contribution in [3.63, 3.8) is 0 Å². The van der Waals surface area contributed by atoms with Gasteiger partial charge >= 0.3 is 6.03 Å². The topological polar surface area (TPSA) is 52.6 Å². The number of aryl methyl sites for hydroxylation is 1. The van der Waals surface area contributed by atoms with E-state index in [0.717, 1.165) is 48.6 Å². The third kappa shape index (κ3) is 2.72. The fourth-order valence-electron chi connectivity index (χ4n) is 2.71. The van der Waals surface area contributed by atoms with E-state index in [0.29, 0.717) is 0 Å². The van der Waals surface area contributed by atoms with Gasteiger partial charge in [0.25, 0.3) is 0 Å². The number of aromatic nitrogens is 2. The van der Waals surface area contributed by atoms with Crippen LogP contribution >= 0.6 is 11.3 Å². The standard InChI is InChI=1S/C15H21N5OS/c1-4-11-9-12-13(16-10-17-14(12)22-11)19-5-7-20(8-6-19)15(21)18(2)3/h9-10H,4-8H2,1-3H3. The molecule has 1 aliphatic rings. The molecular weight excluding hydrogens is 298 g/mol. The summed E-state index contributed by atoms with van der Waals surface area (Å²) >= 11 is 1.74. The van der Waals surface area contributed by atoms with Crippen molar-refractivity contribution in [1.82, 2.24) is 19.8 Å². The van der Waals surface area contributed by atoms with Gasteiger partial charge < -0.3 is 14.7 Å². The average Bonchev–Trinajstić information content (AvgIpc) is 2.97. The highest BCUT2D eigenvalue weighted by atomic mass is 32.1. The zero-order valence-corrected chi connectivity index (χ0v) is 14.1. The largest absolute Gasteiger partial charge is 0.352 e. The molecule has 0 aromatic carbocycles. The van der Waals surface area contributed by atoms with Crippen LogP contribution in [-0.2, 0) is 6.42 Å². The van der Waals surface area contributed by atoms with Crippen LogP contribution in [0.1, 0.15) is 11.8 Å². The number of piperazine rings is 1. The summed E-state index contributed by atoms with van der Waals surface area (Å²) in [6.07, 6.45) is 2.66. The SMILES string of the molecule is CCc1cc2c(N3CCN(C(=O)N(C)C)CC3)ncnc2s1. The Labute approximate surface area is 134 Å². The third-order valence-corrected chi connectivity index (χ3v) is 5.13. The Bertz CT molecular complexity index is 676. The third-order valence-electron chi connectivity index (χ3n) is 3.94. The minimum Gasteiger partial charge on any atom is -0.352 e. The van der Waals surface area contributed by atoms with Gasteiger partial charge in [0.2, 0.25) is 0 Å². The Hall–Kier alpha value is -1.89. The number of rotatable bonds is 2. The summed E-state index contributed by atoms with van der Waals surface area (Å²) < 4.78 is 0. The second-order valence-electron chi connectivity index (χ2n) is 5.63. The molecule has 0 bridgehead atoms. The van der Waals surface area contributed by atoms with E-state index in [9.17, 15) is 4.79 Å². The van der Waals surface area contributed by atoms with Crippen molar-refractivity contribution in [2.45, 2.75) is 13.3 Å². The van der Waals surface area contributed by atoms with Crippen molar-refractivity contribution in [3.05, 3.63) is 17.3 Å². The summed E-state index contributed by atoms with van der Waals surface area (Å²) in [6, 6.07) is 2.28. The zero-order valence-electron chi connectivity index (χ0n) is 13.2. The van der Waals surface area contributed by atoms with E-state index in [-0.39, 0.29) is 6.03 Å². The van der Waals surface area contributed by atoms with Crippen LogP contribution in [0.5, 0.6) is 0 Å². The van der Waals surface area contributed by atoms with Gasteiger partial charge in [0.05, 0.1) is 5.39 Å². The predicted molar refractivity (Wildman–Crippen MR) is 89.7 cm³/mol. The van der Waals surface area contributed by atoms with E-state index >= 15 is 0 Å². The van der Waals surface area contributed by atoms with Gasteiger partial charge in [-0.25, -0.2) is 14.8 Å². The summed E-state index contributed by atoms with van der Waals surface area (Å²) in [6.45, 7) is 5.23. The molecule has 0 atom stereocenters. The Balaban J connectivity index is 1.79. The Kier molecular flexibility index (Phi) is 4.15. The fourth-order valence-corrected chi connectivity index (χ4v) is 3.64. The maximum Gasteiger partial charge on any atom is 0.319 e. The zero-order chi connectivity index (χ0) is 15.7. The lowest BCUT2D eigenvalue weighted by atomic mass is 10.2. The summed E-state index contributed by atoms with van der Waals surface area (Å²) in [7, 11) is 3.58. The number of fused-ring (bicyclic) bond motifs is 1. The van der Waals surface area contributed by atoms with Crippen LogP contribution in [-0.4, -0.2) is 66.1 Å². The molecule has 3 heterocycles. The van der Waals surface area contributed by atoms with Crippen molar-refractivity contribution in [2.75, 3.05) is 45.2 Å². The molecule has 2 aromatic rings. The minimum atomic E-state index is 0.0799. The molecule has 0 saturated carbocycles. The number of anilines is 1. The van der Waals surface area contributed by atoms with Crippen LogP contribution in [0.2, 0.25) is 0 Å². The molecule has 2 aromatic heterocycles. The van der Waals surface area contributed by atoms with Gasteiger partial charge in [-0.2, -0.15) is 0 Å². The summed E-state index contributed by atoms with van der Waals surface area (Å²) in [5, 5.41) is 1.14. The molecule has 7 heteroatoms. The molecule has 22 heavy (non-hydrogen) atoms. The summed E-state index contributed by atoms with van der Waals surface area (Å²) in [5.74, 6) is 0.998.